The predicted molar refractivity (Wildman–Crippen MR) is 85.7 cm³/mol. The third-order valence-electron chi connectivity index (χ3n) is 4.29. The van der Waals surface area contributed by atoms with Gasteiger partial charge in [0, 0.05) is 11.8 Å². The third kappa shape index (κ3) is 3.77. The molecule has 2 rings (SSSR count). The number of rotatable bonds is 6. The van der Waals surface area contributed by atoms with Crippen molar-refractivity contribution in [2.45, 2.75) is 32.6 Å². The molecule has 0 aliphatic carbocycles. The van der Waals surface area contributed by atoms with Crippen molar-refractivity contribution in [2.24, 2.45) is 11.7 Å². The average molecular weight is 351 g/mol. The number of nitrogens with zero attached hydrogens (tertiary/aromatic N) is 1. The molecule has 0 aromatic carbocycles. The Balaban J connectivity index is 2.35. The van der Waals surface area contributed by atoms with Gasteiger partial charge in [-0.05, 0) is 18.9 Å². The van der Waals surface area contributed by atoms with Crippen molar-refractivity contribution in [2.75, 3.05) is 13.2 Å². The number of hydrogen-bond acceptors (Lipinski definition) is 6. The van der Waals surface area contributed by atoms with E-state index in [9.17, 15) is 19.5 Å². The molecule has 1 unspecified atom stereocenters. The van der Waals surface area contributed by atoms with E-state index in [0.29, 0.717) is 18.8 Å². The second kappa shape index (κ2) is 7.16. The zero-order valence-electron chi connectivity index (χ0n) is 14.2. The summed E-state index contributed by atoms with van der Waals surface area (Å²) in [6, 6.07) is 1.28. The van der Waals surface area contributed by atoms with Crippen LogP contribution in [0.3, 0.4) is 0 Å². The standard InChI is InChI=1S/C16H21N3O6/c1-8(2)16(3,15(17)23)19-12(20)11-10(13(21)22)6-9(7-18-11)14-24-4-5-25-14/h6-8,14H,4-5H2,1-3H3,(H2,17,23)(H,19,20)(H,21,22). The lowest BCUT2D eigenvalue weighted by Gasteiger charge is -2.31. The number of carboxylic acid groups (broad SMARTS) is 1. The van der Waals surface area contributed by atoms with Crippen molar-refractivity contribution < 1.29 is 29.0 Å². The van der Waals surface area contributed by atoms with Crippen LogP contribution in [0.5, 0.6) is 0 Å². The molecular formula is C16H21N3O6. The van der Waals surface area contributed by atoms with Gasteiger partial charge in [-0.2, -0.15) is 0 Å². The molecule has 2 heterocycles. The van der Waals surface area contributed by atoms with Crippen LogP contribution in [0.15, 0.2) is 12.3 Å². The molecule has 0 spiro atoms. The maximum atomic E-state index is 12.5. The van der Waals surface area contributed by atoms with Crippen LogP contribution in [0.1, 0.15) is 53.5 Å². The summed E-state index contributed by atoms with van der Waals surface area (Å²) in [4.78, 5) is 39.7. The van der Waals surface area contributed by atoms with Crippen LogP contribution < -0.4 is 11.1 Å². The number of amides is 2. The van der Waals surface area contributed by atoms with Gasteiger partial charge in [0.1, 0.15) is 11.2 Å². The van der Waals surface area contributed by atoms with Crippen LogP contribution in [0, 0.1) is 5.92 Å². The molecular weight excluding hydrogens is 330 g/mol. The summed E-state index contributed by atoms with van der Waals surface area (Å²) in [5, 5.41) is 11.9. The summed E-state index contributed by atoms with van der Waals surface area (Å²) in [5.74, 6) is -3.16. The maximum Gasteiger partial charge on any atom is 0.338 e. The van der Waals surface area contributed by atoms with E-state index >= 15 is 0 Å². The van der Waals surface area contributed by atoms with Gasteiger partial charge in [-0.3, -0.25) is 9.59 Å². The Morgan fingerprint density at radius 2 is 1.96 bits per heavy atom. The Bertz CT molecular complexity index is 699. The number of primary amides is 1. The highest BCUT2D eigenvalue weighted by Crippen LogP contribution is 2.25. The summed E-state index contributed by atoms with van der Waals surface area (Å²) >= 11 is 0. The minimum atomic E-state index is -1.34. The first-order valence-electron chi connectivity index (χ1n) is 7.75. The van der Waals surface area contributed by atoms with E-state index in [1.807, 2.05) is 0 Å². The van der Waals surface area contributed by atoms with Gasteiger partial charge >= 0.3 is 5.97 Å². The first-order chi connectivity index (χ1) is 11.7. The summed E-state index contributed by atoms with van der Waals surface area (Å²) in [6.07, 6.45) is 0.600. The van der Waals surface area contributed by atoms with Crippen molar-refractivity contribution in [3.8, 4) is 0 Å². The molecule has 4 N–H and O–H groups in total. The van der Waals surface area contributed by atoms with Crippen LogP contribution in [-0.4, -0.2) is 46.6 Å². The molecule has 9 heteroatoms. The first-order valence-corrected chi connectivity index (χ1v) is 7.75. The normalized spacial score (nSPS) is 17.3. The number of aromatic carboxylic acids is 1. The predicted octanol–water partition coefficient (Wildman–Crippen LogP) is 0.455. The Morgan fingerprint density at radius 3 is 2.44 bits per heavy atom. The van der Waals surface area contributed by atoms with E-state index in [-0.39, 0.29) is 17.2 Å². The van der Waals surface area contributed by atoms with Crippen molar-refractivity contribution in [3.05, 3.63) is 29.1 Å². The number of carboxylic acids is 1. The Morgan fingerprint density at radius 1 is 1.36 bits per heavy atom. The molecule has 136 valence electrons. The molecule has 9 nitrogen and oxygen atoms in total. The molecule has 0 bridgehead atoms. The van der Waals surface area contributed by atoms with E-state index in [0.717, 1.165) is 0 Å². The van der Waals surface area contributed by atoms with Gasteiger partial charge in [-0.25, -0.2) is 9.78 Å². The number of carbonyl (C=O) groups excluding carboxylic acids is 2. The first kappa shape index (κ1) is 18.8. The second-order valence-corrected chi connectivity index (χ2v) is 6.22. The second-order valence-electron chi connectivity index (χ2n) is 6.22. The lowest BCUT2D eigenvalue weighted by molar-refractivity contribution is -0.125. The molecule has 1 aromatic heterocycles. The lowest BCUT2D eigenvalue weighted by atomic mass is 9.87. The molecule has 0 saturated carbocycles. The Kier molecular flexibility index (Phi) is 5.39. The van der Waals surface area contributed by atoms with Crippen LogP contribution in [0.25, 0.3) is 0 Å². The summed E-state index contributed by atoms with van der Waals surface area (Å²) in [5.41, 5.74) is 3.80. The smallest absolute Gasteiger partial charge is 0.338 e. The van der Waals surface area contributed by atoms with Crippen LogP contribution in [0.2, 0.25) is 0 Å². The van der Waals surface area contributed by atoms with Crippen LogP contribution in [-0.2, 0) is 14.3 Å². The zero-order chi connectivity index (χ0) is 18.8. The number of ether oxygens (including phenoxy) is 2. The van der Waals surface area contributed by atoms with Gasteiger partial charge in [-0.1, -0.05) is 13.8 Å². The van der Waals surface area contributed by atoms with Gasteiger partial charge in [0.2, 0.25) is 5.91 Å². The van der Waals surface area contributed by atoms with E-state index in [2.05, 4.69) is 10.3 Å². The fourth-order valence-electron chi connectivity index (χ4n) is 2.29. The average Bonchev–Trinajstić information content (AvgIpc) is 3.08. The largest absolute Gasteiger partial charge is 0.478 e. The van der Waals surface area contributed by atoms with E-state index in [1.165, 1.54) is 19.2 Å². The fraction of sp³-hybridized carbons (Fsp3) is 0.500. The Hall–Kier alpha value is -2.52. The molecule has 1 saturated heterocycles. The molecule has 1 fully saturated rings. The van der Waals surface area contributed by atoms with Crippen molar-refractivity contribution in [1.82, 2.24) is 10.3 Å². The highest BCUT2D eigenvalue weighted by Gasteiger charge is 2.37. The molecule has 25 heavy (non-hydrogen) atoms. The van der Waals surface area contributed by atoms with Crippen molar-refractivity contribution in [3.63, 3.8) is 0 Å². The van der Waals surface area contributed by atoms with Crippen molar-refractivity contribution in [1.29, 1.82) is 0 Å². The highest BCUT2D eigenvalue weighted by atomic mass is 16.7. The van der Waals surface area contributed by atoms with E-state index in [1.54, 1.807) is 13.8 Å². The summed E-state index contributed by atoms with van der Waals surface area (Å²) in [7, 11) is 0. The van der Waals surface area contributed by atoms with Gasteiger partial charge < -0.3 is 25.6 Å². The topological polar surface area (TPSA) is 141 Å². The number of nitrogens with two attached hydrogens (primary N) is 1. The number of hydrogen-bond donors (Lipinski definition) is 3. The number of nitrogens with one attached hydrogen (secondary N) is 1. The molecule has 0 radical (unpaired) electrons. The number of pyridine rings is 1. The summed E-state index contributed by atoms with van der Waals surface area (Å²) in [6.45, 7) is 5.69. The van der Waals surface area contributed by atoms with Crippen LogP contribution >= 0.6 is 0 Å². The molecule has 2 amide bonds. The van der Waals surface area contributed by atoms with Crippen molar-refractivity contribution >= 4 is 17.8 Å². The lowest BCUT2D eigenvalue weighted by Crippen LogP contribution is -2.58. The van der Waals surface area contributed by atoms with Crippen LogP contribution in [0.4, 0.5) is 0 Å². The zero-order valence-corrected chi connectivity index (χ0v) is 14.2. The molecule has 1 aliphatic rings. The Labute approximate surface area is 144 Å². The van der Waals surface area contributed by atoms with Gasteiger partial charge in [0.25, 0.3) is 5.91 Å². The van der Waals surface area contributed by atoms with Gasteiger partial charge in [-0.15, -0.1) is 0 Å². The maximum absolute atomic E-state index is 12.5. The molecule has 1 aliphatic heterocycles. The monoisotopic (exact) mass is 351 g/mol. The number of carbonyl (C=O) groups is 3. The highest BCUT2D eigenvalue weighted by molar-refractivity contribution is 6.05. The minimum Gasteiger partial charge on any atom is -0.478 e. The van der Waals surface area contributed by atoms with Gasteiger partial charge in [0.15, 0.2) is 6.29 Å². The molecule has 1 atom stereocenters. The van der Waals surface area contributed by atoms with E-state index < -0.39 is 29.6 Å². The quantitative estimate of drug-likeness (QED) is 0.676. The molecule has 1 aromatic rings. The summed E-state index contributed by atoms with van der Waals surface area (Å²) < 4.78 is 10.6. The van der Waals surface area contributed by atoms with Gasteiger partial charge in [0.05, 0.1) is 18.8 Å². The SMILES string of the molecule is CC(C)C(C)(NC(=O)c1ncc(C2OCCO2)cc1C(=O)O)C(N)=O. The third-order valence-corrected chi connectivity index (χ3v) is 4.29. The number of aromatic nitrogens is 1. The minimum absolute atomic E-state index is 0.304. The fourth-order valence-corrected chi connectivity index (χ4v) is 2.29. The van der Waals surface area contributed by atoms with E-state index in [4.69, 9.17) is 15.2 Å².